The van der Waals surface area contributed by atoms with E-state index in [0.29, 0.717) is 11.6 Å². The molecule has 3 rings (SSSR count). The van der Waals surface area contributed by atoms with Crippen molar-refractivity contribution < 1.29 is 14.2 Å². The summed E-state index contributed by atoms with van der Waals surface area (Å²) in [4.78, 5) is 4.59. The number of hydrogen-bond donors (Lipinski definition) is 0. The highest BCUT2D eigenvalue weighted by molar-refractivity contribution is 5.66. The first kappa shape index (κ1) is 15.1. The predicted molar refractivity (Wildman–Crippen MR) is 88.7 cm³/mol. The van der Waals surface area contributed by atoms with E-state index in [9.17, 15) is 0 Å². The van der Waals surface area contributed by atoms with Crippen molar-refractivity contribution in [2.24, 2.45) is 0 Å². The lowest BCUT2D eigenvalue weighted by molar-refractivity contribution is 0.0512. The Bertz CT molecular complexity index is 745. The Labute approximate surface area is 135 Å². The SMILES string of the molecule is COCOc1ccc(Oc2ccccc2)nc1-c1ccccc1. The van der Waals surface area contributed by atoms with Gasteiger partial charge < -0.3 is 14.2 Å². The first-order valence-electron chi connectivity index (χ1n) is 7.28. The lowest BCUT2D eigenvalue weighted by atomic mass is 10.1. The summed E-state index contributed by atoms with van der Waals surface area (Å²) in [7, 11) is 1.59. The molecule has 116 valence electrons. The van der Waals surface area contributed by atoms with E-state index in [1.54, 1.807) is 13.2 Å². The fourth-order valence-electron chi connectivity index (χ4n) is 2.14. The van der Waals surface area contributed by atoms with Crippen molar-refractivity contribution in [3.63, 3.8) is 0 Å². The Morgan fingerprint density at radius 3 is 2.22 bits per heavy atom. The lowest BCUT2D eigenvalue weighted by Crippen LogP contribution is -2.02. The van der Waals surface area contributed by atoms with E-state index in [0.717, 1.165) is 17.0 Å². The fraction of sp³-hybridized carbons (Fsp3) is 0.105. The summed E-state index contributed by atoms with van der Waals surface area (Å²) in [6.07, 6.45) is 0. The molecule has 0 spiro atoms. The van der Waals surface area contributed by atoms with Crippen molar-refractivity contribution in [3.8, 4) is 28.6 Å². The normalized spacial score (nSPS) is 10.3. The Kier molecular flexibility index (Phi) is 4.86. The molecule has 1 heterocycles. The van der Waals surface area contributed by atoms with E-state index in [4.69, 9.17) is 14.2 Å². The Morgan fingerprint density at radius 1 is 0.826 bits per heavy atom. The molecule has 1 aromatic heterocycles. The van der Waals surface area contributed by atoms with E-state index in [-0.39, 0.29) is 6.79 Å². The average molecular weight is 307 g/mol. The van der Waals surface area contributed by atoms with Crippen molar-refractivity contribution in [1.29, 1.82) is 0 Å². The summed E-state index contributed by atoms with van der Waals surface area (Å²) in [6, 6.07) is 23.0. The van der Waals surface area contributed by atoms with Gasteiger partial charge in [-0.2, -0.15) is 0 Å². The summed E-state index contributed by atoms with van der Waals surface area (Å²) in [5, 5.41) is 0. The van der Waals surface area contributed by atoms with E-state index >= 15 is 0 Å². The van der Waals surface area contributed by atoms with Gasteiger partial charge in [0.2, 0.25) is 5.88 Å². The average Bonchev–Trinajstić information content (AvgIpc) is 2.62. The molecule has 0 aliphatic rings. The number of rotatable bonds is 6. The van der Waals surface area contributed by atoms with Gasteiger partial charge in [-0.3, -0.25) is 0 Å². The van der Waals surface area contributed by atoms with Gasteiger partial charge in [-0.1, -0.05) is 48.5 Å². The van der Waals surface area contributed by atoms with Crippen LogP contribution in [-0.4, -0.2) is 18.9 Å². The van der Waals surface area contributed by atoms with Gasteiger partial charge in [0.05, 0.1) is 0 Å². The zero-order valence-electron chi connectivity index (χ0n) is 12.8. The van der Waals surface area contributed by atoms with Crippen molar-refractivity contribution in [2.75, 3.05) is 13.9 Å². The molecule has 3 aromatic rings. The molecule has 0 amide bonds. The maximum Gasteiger partial charge on any atom is 0.220 e. The smallest absolute Gasteiger partial charge is 0.220 e. The lowest BCUT2D eigenvalue weighted by Gasteiger charge is -2.12. The number of ether oxygens (including phenoxy) is 3. The zero-order valence-corrected chi connectivity index (χ0v) is 12.8. The largest absolute Gasteiger partial charge is 0.465 e. The highest BCUT2D eigenvalue weighted by atomic mass is 16.7. The van der Waals surface area contributed by atoms with E-state index in [2.05, 4.69) is 4.98 Å². The molecule has 0 unspecified atom stereocenters. The van der Waals surface area contributed by atoms with Gasteiger partial charge in [0.25, 0.3) is 0 Å². The first-order chi connectivity index (χ1) is 11.4. The van der Waals surface area contributed by atoms with Crippen LogP contribution in [0.25, 0.3) is 11.3 Å². The molecule has 0 bridgehead atoms. The second-order valence-electron chi connectivity index (χ2n) is 4.83. The van der Waals surface area contributed by atoms with Gasteiger partial charge in [0.15, 0.2) is 6.79 Å². The van der Waals surface area contributed by atoms with Crippen LogP contribution in [0.2, 0.25) is 0 Å². The molecule has 2 aromatic carbocycles. The quantitative estimate of drug-likeness (QED) is 0.628. The van der Waals surface area contributed by atoms with Crippen molar-refractivity contribution in [1.82, 2.24) is 4.98 Å². The molecule has 0 radical (unpaired) electrons. The summed E-state index contributed by atoms with van der Waals surface area (Å²) in [6.45, 7) is 0.167. The molecule has 0 aliphatic carbocycles. The minimum Gasteiger partial charge on any atom is -0.465 e. The van der Waals surface area contributed by atoms with Gasteiger partial charge in [-0.15, -0.1) is 0 Å². The van der Waals surface area contributed by atoms with Crippen LogP contribution in [0.3, 0.4) is 0 Å². The molecule has 0 atom stereocenters. The van der Waals surface area contributed by atoms with Crippen LogP contribution in [-0.2, 0) is 4.74 Å². The maximum absolute atomic E-state index is 5.80. The first-order valence-corrected chi connectivity index (χ1v) is 7.28. The van der Waals surface area contributed by atoms with Crippen molar-refractivity contribution in [3.05, 3.63) is 72.8 Å². The molecular weight excluding hydrogens is 290 g/mol. The second kappa shape index (κ2) is 7.42. The monoisotopic (exact) mass is 307 g/mol. The van der Waals surface area contributed by atoms with Gasteiger partial charge in [0, 0.05) is 18.7 Å². The van der Waals surface area contributed by atoms with E-state index in [1.807, 2.05) is 66.7 Å². The number of nitrogens with zero attached hydrogens (tertiary/aromatic N) is 1. The molecule has 0 aliphatic heterocycles. The predicted octanol–water partition coefficient (Wildman–Crippen LogP) is 4.52. The third-order valence-corrected chi connectivity index (χ3v) is 3.18. The third-order valence-electron chi connectivity index (χ3n) is 3.18. The highest BCUT2D eigenvalue weighted by Gasteiger charge is 2.11. The molecule has 0 fully saturated rings. The topological polar surface area (TPSA) is 40.6 Å². The number of pyridine rings is 1. The molecule has 0 saturated carbocycles. The molecule has 0 saturated heterocycles. The molecular formula is C19H17NO3. The Hall–Kier alpha value is -2.85. The summed E-state index contributed by atoms with van der Waals surface area (Å²) < 4.78 is 16.4. The Morgan fingerprint density at radius 2 is 1.52 bits per heavy atom. The van der Waals surface area contributed by atoms with E-state index < -0.39 is 0 Å². The van der Waals surface area contributed by atoms with Crippen LogP contribution in [0, 0.1) is 0 Å². The molecule has 4 nitrogen and oxygen atoms in total. The maximum atomic E-state index is 5.80. The number of aromatic nitrogens is 1. The van der Waals surface area contributed by atoms with Crippen LogP contribution in [0.4, 0.5) is 0 Å². The number of methoxy groups -OCH3 is 1. The van der Waals surface area contributed by atoms with E-state index in [1.165, 1.54) is 0 Å². The molecule has 4 heteroatoms. The third kappa shape index (κ3) is 3.87. The van der Waals surface area contributed by atoms with Crippen LogP contribution in [0.1, 0.15) is 0 Å². The Balaban J connectivity index is 1.94. The highest BCUT2D eigenvalue weighted by Crippen LogP contribution is 2.31. The number of para-hydroxylation sites is 1. The molecule has 23 heavy (non-hydrogen) atoms. The van der Waals surface area contributed by atoms with Crippen LogP contribution in [0.5, 0.6) is 17.4 Å². The molecule has 0 N–H and O–H groups in total. The van der Waals surface area contributed by atoms with Gasteiger partial charge >= 0.3 is 0 Å². The fourth-order valence-corrected chi connectivity index (χ4v) is 2.14. The summed E-state index contributed by atoms with van der Waals surface area (Å²) in [5.41, 5.74) is 1.67. The summed E-state index contributed by atoms with van der Waals surface area (Å²) >= 11 is 0. The van der Waals surface area contributed by atoms with Gasteiger partial charge in [0.1, 0.15) is 17.2 Å². The minimum atomic E-state index is 0.167. The zero-order chi connectivity index (χ0) is 15.9. The summed E-state index contributed by atoms with van der Waals surface area (Å²) in [5.74, 6) is 1.91. The standard InChI is InChI=1S/C19H17NO3/c1-21-14-22-17-12-13-18(23-16-10-6-3-7-11-16)20-19(17)15-8-4-2-5-9-15/h2-13H,14H2,1H3. The van der Waals surface area contributed by atoms with Crippen molar-refractivity contribution in [2.45, 2.75) is 0 Å². The minimum absolute atomic E-state index is 0.167. The van der Waals surface area contributed by atoms with Gasteiger partial charge in [-0.05, 0) is 18.2 Å². The van der Waals surface area contributed by atoms with Gasteiger partial charge in [-0.25, -0.2) is 4.98 Å². The van der Waals surface area contributed by atoms with Crippen LogP contribution < -0.4 is 9.47 Å². The van der Waals surface area contributed by atoms with Crippen LogP contribution in [0.15, 0.2) is 72.8 Å². The number of hydrogen-bond acceptors (Lipinski definition) is 4. The van der Waals surface area contributed by atoms with Crippen LogP contribution >= 0.6 is 0 Å². The van der Waals surface area contributed by atoms with Crippen molar-refractivity contribution >= 4 is 0 Å². The second-order valence-corrected chi connectivity index (χ2v) is 4.83. The number of benzene rings is 2.